The Balaban J connectivity index is 0.000000139. The zero-order valence-electron chi connectivity index (χ0n) is 83.3. The standard InChI is InChI=1S/C23H26F2N4S.C22H21F5N4S.C22H24F2N4OS.C22H24F2N4S.C19H21F2N5S/c1-15-11-17-13-21(26-20(17)12-16(15)2)27-22(30)29-9-7-28(8-10-29)19-6-4-5-18(14-19)23(3,24)25;1-21(23,24)15-3-2-4-17(13-15)30-7-9-31(10-8-30)20(32)29-19-12-14-11-16(22(25,26)27)5-6-18(14)28-19;1-22(23,24)16-4-3-5-17(14-16)27-8-10-28(11-9-27)21(30)26-20-13-15-12-18(29-2)6-7-19(15)25-20;1-15-6-7-19-16(12-15)13-20(25-19)26-21(29)28-10-8-27(9-11-28)18-5-3-4-17(14-18)22(2,23)24;1-19(20,21)14-5-4-6-15(13-14)25-9-11-26(12-10-25)18(27)24-17(22)16-7-2-3-8-23-16/h4-6,11-12,14H,7-10,13H2,1-3H3,(H,26,27,30);2-6,11,13H,7-10,12H2,1H3,(H,28,29,32);3-7,12,14H,8-11,13H2,1-2H3,(H,25,26,30);3-7,12,14H,8-11,13H2,1-2H3,(H,25,26,29);2-8,13H,9-12H2,1H3,(H2,22,24,27). The van der Waals surface area contributed by atoms with Crippen molar-refractivity contribution >= 4 is 167 Å². The van der Waals surface area contributed by atoms with Crippen LogP contribution in [-0.2, 0) is 61.5 Å². The van der Waals surface area contributed by atoms with Crippen molar-refractivity contribution in [2.24, 2.45) is 30.7 Å². The fourth-order valence-corrected chi connectivity index (χ4v) is 19.5. The number of nitrogens with zero attached hydrogens (tertiary/aromatic N) is 16. The molecule has 0 atom stereocenters. The number of nitrogens with one attached hydrogen (secondary N) is 4. The number of anilines is 9. The summed E-state index contributed by atoms with van der Waals surface area (Å²) in [4.78, 5) is 47.3. The second kappa shape index (κ2) is 46.7. The molecule has 0 bridgehead atoms. The molecular weight excluding hydrogens is 2010 g/mol. The molecule has 0 radical (unpaired) electrons. The molecule has 1 aromatic heterocycles. The quantitative estimate of drug-likeness (QED) is 0.0336. The van der Waals surface area contributed by atoms with Crippen molar-refractivity contribution in [2.75, 3.05) is 184 Å². The first-order valence-corrected chi connectivity index (χ1v) is 50.5. The maximum Gasteiger partial charge on any atom is 0.416 e. The number of nitrogens with two attached hydrogens (primary N) is 1. The highest BCUT2D eigenvalue weighted by molar-refractivity contribution is 7.81. The SMILES string of the molecule is CC(F)(F)c1cccc(N2CCN(C(=S)N=C(N)c3ccccn3)CC2)c1.CC(F)(F)c1cccc(N2CCN(C(=S)N=C3Cc4cc(C(F)(F)F)ccc4N3)CC2)c1.COc1ccc2c(c1)CC(=NC(=S)N1CCN(c3cccc(C(C)(F)F)c3)CC1)N2.Cc1cc2c(cc1C)NC(=NC(=S)N1CCN(c3cccc(C(C)(F)F)c3)CC1)C2.Cc1ccc2c(c1)CC(=NC(=S)N1CCN(c3cccc(C(C)(F)F)c3)CC1)N2. The summed E-state index contributed by atoms with van der Waals surface area (Å²) in [5.41, 5.74) is 21.7. The molecule has 0 spiro atoms. The average molecular weight is 2130 g/mol. The molecule has 0 saturated carbocycles. The topological polar surface area (TPSA) is 190 Å². The van der Waals surface area contributed by atoms with E-state index in [0.717, 1.165) is 160 Å². The molecule has 5 saturated heterocycles. The number of pyridine rings is 1. The van der Waals surface area contributed by atoms with Crippen LogP contribution >= 0.6 is 61.1 Å². The number of halogens is 13. The molecule has 0 aliphatic carbocycles. The molecule has 6 N–H and O–H groups in total. The molecular formula is C108H116F13N21OS5. The normalized spacial score (nSPS) is 17.5. The fraction of sp³-hybridized carbons (Fsp3) is 0.361. The molecule has 9 aliphatic heterocycles. The lowest BCUT2D eigenvalue weighted by atomic mass is 10.0. The monoisotopic (exact) mass is 2130 g/mol. The third kappa shape index (κ3) is 28.7. The van der Waals surface area contributed by atoms with Gasteiger partial charge in [-0.2, -0.15) is 13.2 Å². The van der Waals surface area contributed by atoms with Crippen molar-refractivity contribution in [3.63, 3.8) is 0 Å². The summed E-state index contributed by atoms with van der Waals surface area (Å²) in [5.74, 6) is -10.1. The Morgan fingerprint density at radius 2 is 0.601 bits per heavy atom. The van der Waals surface area contributed by atoms with Gasteiger partial charge in [0, 0.05) is 276 Å². The number of hydrogen-bond acceptors (Lipinski definition) is 12. The van der Waals surface area contributed by atoms with Crippen molar-refractivity contribution in [1.82, 2.24) is 29.5 Å². The van der Waals surface area contributed by atoms with Crippen LogP contribution in [0.4, 0.5) is 108 Å². The average Bonchev–Trinajstić information content (AvgIpc) is 1.64. The van der Waals surface area contributed by atoms with Gasteiger partial charge < -0.3 is 80.7 Å². The van der Waals surface area contributed by atoms with E-state index >= 15 is 0 Å². The van der Waals surface area contributed by atoms with E-state index in [9.17, 15) is 57.1 Å². The summed E-state index contributed by atoms with van der Waals surface area (Å²) in [6, 6.07) is 58.2. The molecule has 9 aliphatic rings. The fourth-order valence-electron chi connectivity index (χ4n) is 18.1. The second-order valence-corrected chi connectivity index (χ2v) is 39.6. The summed E-state index contributed by atoms with van der Waals surface area (Å²) in [6.45, 7) is 24.3. The zero-order chi connectivity index (χ0) is 106. The number of amidine groups is 5. The lowest BCUT2D eigenvalue weighted by molar-refractivity contribution is -0.137. The van der Waals surface area contributed by atoms with Gasteiger partial charge in [-0.3, -0.25) is 4.98 Å². The van der Waals surface area contributed by atoms with E-state index in [-0.39, 0.29) is 40.1 Å². The number of piperazine rings is 5. The van der Waals surface area contributed by atoms with Crippen LogP contribution in [0.2, 0.25) is 0 Å². The second-order valence-electron chi connectivity index (χ2n) is 37.8. The van der Waals surface area contributed by atoms with Crippen LogP contribution in [0, 0.1) is 20.8 Å². The van der Waals surface area contributed by atoms with Crippen LogP contribution < -0.4 is 56.2 Å². The molecule has 10 heterocycles. The number of aliphatic imine (C=N–C) groups is 5. The lowest BCUT2D eigenvalue weighted by Crippen LogP contribution is -2.48. The van der Waals surface area contributed by atoms with Gasteiger partial charge in [-0.1, -0.05) is 90.5 Å². The maximum absolute atomic E-state index is 13.6. The Hall–Kier alpha value is -13.2. The summed E-state index contributed by atoms with van der Waals surface area (Å²) in [6.07, 6.45) is -0.296. The molecule has 0 unspecified atom stereocenters. The zero-order valence-corrected chi connectivity index (χ0v) is 87.4. The van der Waals surface area contributed by atoms with Crippen LogP contribution in [0.15, 0.2) is 237 Å². The first-order chi connectivity index (χ1) is 70.2. The molecule has 19 rings (SSSR count). The van der Waals surface area contributed by atoms with Gasteiger partial charge in [-0.15, -0.1) is 0 Å². The molecule has 148 heavy (non-hydrogen) atoms. The Labute approximate surface area is 880 Å². The number of aromatic nitrogens is 1. The molecule has 10 aromatic rings. The van der Waals surface area contributed by atoms with Crippen LogP contribution in [0.3, 0.4) is 0 Å². The molecule has 9 aromatic carbocycles. The van der Waals surface area contributed by atoms with Crippen molar-refractivity contribution in [3.8, 4) is 5.75 Å². The Morgan fingerprint density at radius 3 is 0.912 bits per heavy atom. The molecule has 780 valence electrons. The summed E-state index contributed by atoms with van der Waals surface area (Å²) in [5, 5.41) is 15.5. The van der Waals surface area contributed by atoms with Crippen LogP contribution in [0.1, 0.15) is 113 Å². The number of methoxy groups -OCH3 is 1. The van der Waals surface area contributed by atoms with Crippen molar-refractivity contribution in [2.45, 2.75) is 117 Å². The van der Waals surface area contributed by atoms with Gasteiger partial charge >= 0.3 is 6.18 Å². The van der Waals surface area contributed by atoms with Crippen molar-refractivity contribution in [3.05, 3.63) is 290 Å². The van der Waals surface area contributed by atoms with Crippen LogP contribution in [-0.4, -0.2) is 222 Å². The number of alkyl halides is 13. The third-order valence-electron chi connectivity index (χ3n) is 26.7. The van der Waals surface area contributed by atoms with E-state index in [1.165, 1.54) is 70.3 Å². The van der Waals surface area contributed by atoms with Gasteiger partial charge in [0.2, 0.25) is 0 Å². The maximum atomic E-state index is 13.6. The highest BCUT2D eigenvalue weighted by Crippen LogP contribution is 2.40. The van der Waals surface area contributed by atoms with E-state index in [1.54, 1.807) is 86.1 Å². The predicted molar refractivity (Wildman–Crippen MR) is 588 cm³/mol. The van der Waals surface area contributed by atoms with Gasteiger partial charge in [0.15, 0.2) is 31.4 Å². The summed E-state index contributed by atoms with van der Waals surface area (Å²) in [7, 11) is 1.65. The van der Waals surface area contributed by atoms with Crippen molar-refractivity contribution in [1.29, 1.82) is 0 Å². The number of aryl methyl sites for hydroxylation is 3. The summed E-state index contributed by atoms with van der Waals surface area (Å²) >= 11 is 27.5. The minimum absolute atomic E-state index is 0.0192. The number of thiocarbonyl (C=S) groups is 5. The van der Waals surface area contributed by atoms with Gasteiger partial charge in [0.1, 0.15) is 34.8 Å². The van der Waals surface area contributed by atoms with E-state index in [4.69, 9.17) is 71.6 Å². The Kier molecular flexibility index (Phi) is 34.4. The van der Waals surface area contributed by atoms with Gasteiger partial charge in [0.05, 0.1) is 12.7 Å². The van der Waals surface area contributed by atoms with E-state index in [0.29, 0.717) is 159 Å². The van der Waals surface area contributed by atoms with E-state index in [1.807, 2.05) is 63.2 Å². The lowest BCUT2D eigenvalue weighted by Gasteiger charge is -2.36. The minimum atomic E-state index is -4.39. The predicted octanol–water partition coefficient (Wildman–Crippen LogP) is 22.0. The van der Waals surface area contributed by atoms with Crippen molar-refractivity contribution < 1.29 is 61.8 Å². The largest absolute Gasteiger partial charge is 0.497 e. The summed E-state index contributed by atoms with van der Waals surface area (Å²) < 4.78 is 180. The number of benzene rings is 9. The van der Waals surface area contributed by atoms with E-state index < -0.39 is 41.4 Å². The minimum Gasteiger partial charge on any atom is -0.497 e. The number of ether oxygens (including phenoxy) is 1. The number of hydrogen-bond donors (Lipinski definition) is 5. The third-order valence-corrected chi connectivity index (χ3v) is 28.4. The molecule has 22 nitrogen and oxygen atoms in total. The molecule has 5 fully saturated rings. The number of rotatable bonds is 12. The molecule has 40 heteroatoms. The first kappa shape index (κ1) is 109. The first-order valence-electron chi connectivity index (χ1n) is 48.5. The highest BCUT2D eigenvalue weighted by atomic mass is 32.1. The smallest absolute Gasteiger partial charge is 0.416 e. The van der Waals surface area contributed by atoms with Crippen LogP contribution in [0.25, 0.3) is 0 Å². The Morgan fingerprint density at radius 1 is 0.311 bits per heavy atom. The van der Waals surface area contributed by atoms with Gasteiger partial charge in [0.25, 0.3) is 29.6 Å². The highest BCUT2D eigenvalue weighted by Gasteiger charge is 2.37. The van der Waals surface area contributed by atoms with E-state index in [2.05, 4.69) is 137 Å². The number of fused-ring (bicyclic) bond motifs is 4. The van der Waals surface area contributed by atoms with Gasteiger partial charge in [-0.25, -0.2) is 68.9 Å². The van der Waals surface area contributed by atoms with Gasteiger partial charge in [-0.05, 0) is 237 Å². The van der Waals surface area contributed by atoms with Crippen LogP contribution in [0.5, 0.6) is 5.75 Å². The molecule has 0 amide bonds. The Bertz CT molecular complexity index is 6630.